The summed E-state index contributed by atoms with van der Waals surface area (Å²) in [5, 5.41) is 0. The third-order valence-corrected chi connectivity index (χ3v) is 7.58. The number of rotatable bonds is 6. The number of hydrogen-bond acceptors (Lipinski definition) is 5. The van der Waals surface area contributed by atoms with E-state index in [1.165, 1.54) is 12.0 Å². The number of amides is 1. The average Bonchev–Trinajstić information content (AvgIpc) is 2.79. The van der Waals surface area contributed by atoms with Crippen LogP contribution in [0.5, 0.6) is 0 Å². The molecule has 5 nitrogen and oxygen atoms in total. The highest BCUT2D eigenvalue weighted by atomic mass is 32.2. The van der Waals surface area contributed by atoms with Crippen LogP contribution >= 0.6 is 11.8 Å². The van der Waals surface area contributed by atoms with Gasteiger partial charge < -0.3 is 9.64 Å². The first-order valence-electron chi connectivity index (χ1n) is 11.2. The van der Waals surface area contributed by atoms with E-state index in [0.29, 0.717) is 24.3 Å². The Morgan fingerprint density at radius 2 is 1.79 bits per heavy atom. The predicted octanol–water partition coefficient (Wildman–Crippen LogP) is 2.56. The maximum Gasteiger partial charge on any atom is 0.222 e. The first-order chi connectivity index (χ1) is 14.3. The van der Waals surface area contributed by atoms with Crippen LogP contribution in [0.4, 0.5) is 0 Å². The van der Waals surface area contributed by atoms with Gasteiger partial charge in [-0.25, -0.2) is 0 Å². The lowest BCUT2D eigenvalue weighted by Crippen LogP contribution is -2.54. The van der Waals surface area contributed by atoms with E-state index in [4.69, 9.17) is 4.74 Å². The molecule has 0 saturated carbocycles. The number of piperidine rings is 1. The quantitative estimate of drug-likeness (QED) is 0.711. The molecule has 3 heterocycles. The first-order valence-corrected chi connectivity index (χ1v) is 12.4. The van der Waals surface area contributed by atoms with Gasteiger partial charge >= 0.3 is 0 Å². The van der Waals surface area contributed by atoms with Gasteiger partial charge in [0.25, 0.3) is 0 Å². The highest BCUT2D eigenvalue weighted by Gasteiger charge is 2.34. The van der Waals surface area contributed by atoms with Crippen molar-refractivity contribution in [2.75, 3.05) is 64.0 Å². The van der Waals surface area contributed by atoms with Gasteiger partial charge in [-0.15, -0.1) is 0 Å². The van der Waals surface area contributed by atoms with Crippen LogP contribution in [0.1, 0.15) is 24.8 Å². The highest BCUT2D eigenvalue weighted by Crippen LogP contribution is 2.28. The lowest BCUT2D eigenvalue weighted by atomic mass is 9.86. The molecule has 3 aliphatic rings. The predicted molar refractivity (Wildman–Crippen MR) is 119 cm³/mol. The first kappa shape index (κ1) is 21.2. The minimum Gasteiger partial charge on any atom is -0.379 e. The van der Waals surface area contributed by atoms with Crippen molar-refractivity contribution in [1.82, 2.24) is 14.7 Å². The molecule has 3 aliphatic heterocycles. The van der Waals surface area contributed by atoms with Crippen molar-refractivity contribution in [3.8, 4) is 0 Å². The van der Waals surface area contributed by atoms with Gasteiger partial charge in [0.2, 0.25) is 5.91 Å². The number of benzene rings is 1. The Morgan fingerprint density at radius 3 is 2.55 bits per heavy atom. The van der Waals surface area contributed by atoms with E-state index in [2.05, 4.69) is 45.0 Å². The summed E-state index contributed by atoms with van der Waals surface area (Å²) >= 11 is 1.96. The van der Waals surface area contributed by atoms with Crippen LogP contribution in [0.2, 0.25) is 0 Å². The van der Waals surface area contributed by atoms with Crippen LogP contribution in [-0.4, -0.2) is 90.6 Å². The Morgan fingerprint density at radius 1 is 1.03 bits per heavy atom. The van der Waals surface area contributed by atoms with Crippen molar-refractivity contribution in [1.29, 1.82) is 0 Å². The Balaban J connectivity index is 1.37. The van der Waals surface area contributed by atoms with Crippen molar-refractivity contribution in [3.63, 3.8) is 0 Å². The van der Waals surface area contributed by atoms with Gasteiger partial charge in [-0.2, -0.15) is 11.8 Å². The molecule has 0 bridgehead atoms. The molecule has 2 atom stereocenters. The third-order valence-electron chi connectivity index (χ3n) is 6.63. The van der Waals surface area contributed by atoms with Gasteiger partial charge in [-0.3, -0.25) is 14.6 Å². The smallest absolute Gasteiger partial charge is 0.222 e. The van der Waals surface area contributed by atoms with Crippen molar-refractivity contribution < 1.29 is 9.53 Å². The number of morpholine rings is 1. The number of carbonyl (C=O) groups excluding carboxylic acids is 1. The summed E-state index contributed by atoms with van der Waals surface area (Å²) in [6.45, 7) is 8.90. The minimum absolute atomic E-state index is 0.367. The second-order valence-electron chi connectivity index (χ2n) is 8.52. The molecule has 0 radical (unpaired) electrons. The van der Waals surface area contributed by atoms with Gasteiger partial charge in [-0.1, -0.05) is 30.3 Å². The lowest BCUT2D eigenvalue weighted by molar-refractivity contribution is -0.131. The van der Waals surface area contributed by atoms with Crippen molar-refractivity contribution in [2.24, 2.45) is 5.92 Å². The zero-order chi connectivity index (χ0) is 19.9. The van der Waals surface area contributed by atoms with Crippen LogP contribution in [0, 0.1) is 5.92 Å². The largest absolute Gasteiger partial charge is 0.379 e. The molecule has 3 saturated heterocycles. The number of carbonyl (C=O) groups is 1. The molecular weight excluding hydrogens is 382 g/mol. The Bertz CT molecular complexity index is 632. The second kappa shape index (κ2) is 10.8. The van der Waals surface area contributed by atoms with Crippen LogP contribution in [0.3, 0.4) is 0 Å². The molecule has 160 valence electrons. The number of nitrogens with zero attached hydrogens (tertiary/aromatic N) is 3. The zero-order valence-corrected chi connectivity index (χ0v) is 18.3. The average molecular weight is 418 g/mol. The van der Waals surface area contributed by atoms with Crippen molar-refractivity contribution in [2.45, 2.75) is 31.8 Å². The van der Waals surface area contributed by atoms with E-state index < -0.39 is 0 Å². The summed E-state index contributed by atoms with van der Waals surface area (Å²) in [6.07, 6.45) is 2.91. The molecule has 6 heteroatoms. The van der Waals surface area contributed by atoms with E-state index in [9.17, 15) is 4.79 Å². The maximum atomic E-state index is 12.8. The second-order valence-corrected chi connectivity index (χ2v) is 9.74. The van der Waals surface area contributed by atoms with Crippen LogP contribution < -0.4 is 0 Å². The molecule has 1 aromatic carbocycles. The van der Waals surface area contributed by atoms with Crippen LogP contribution in [-0.2, 0) is 16.1 Å². The number of hydrogen-bond donors (Lipinski definition) is 0. The summed E-state index contributed by atoms with van der Waals surface area (Å²) in [7, 11) is 0. The Labute approximate surface area is 179 Å². The standard InChI is InChI=1S/C23H35N3O2S/c27-23(26-12-16-29-17-13-26)7-6-21-19-24(18-20-4-2-1-3-5-20)9-8-22(21)25-10-14-28-15-11-25/h1-5,21-22H,6-19H2/t21-,22+/m1/s1. The molecule has 0 aromatic heterocycles. The summed E-state index contributed by atoms with van der Waals surface area (Å²) in [5.74, 6) is 3.12. The Kier molecular flexibility index (Phi) is 7.88. The lowest BCUT2D eigenvalue weighted by Gasteiger charge is -2.45. The normalized spacial score (nSPS) is 27.1. The van der Waals surface area contributed by atoms with Gasteiger partial charge in [0.05, 0.1) is 13.2 Å². The molecular formula is C23H35N3O2S. The molecule has 0 unspecified atom stereocenters. The maximum absolute atomic E-state index is 12.8. The Hall–Kier alpha value is -1.08. The van der Waals surface area contributed by atoms with E-state index >= 15 is 0 Å². The molecule has 1 aromatic rings. The molecule has 0 aliphatic carbocycles. The topological polar surface area (TPSA) is 36.0 Å². The van der Waals surface area contributed by atoms with Gasteiger partial charge in [-0.05, 0) is 30.9 Å². The summed E-state index contributed by atoms with van der Waals surface area (Å²) in [5.41, 5.74) is 1.39. The fourth-order valence-electron chi connectivity index (χ4n) is 5.03. The molecule has 1 amide bonds. The van der Waals surface area contributed by atoms with E-state index in [0.717, 1.165) is 77.0 Å². The summed E-state index contributed by atoms with van der Waals surface area (Å²) in [4.78, 5) is 20.1. The monoisotopic (exact) mass is 417 g/mol. The molecule has 0 N–H and O–H groups in total. The van der Waals surface area contributed by atoms with Gasteiger partial charge in [0.15, 0.2) is 0 Å². The number of likely N-dealkylation sites (tertiary alicyclic amines) is 1. The molecule has 4 rings (SSSR count). The van der Waals surface area contributed by atoms with E-state index in [-0.39, 0.29) is 0 Å². The van der Waals surface area contributed by atoms with Crippen molar-refractivity contribution in [3.05, 3.63) is 35.9 Å². The molecule has 29 heavy (non-hydrogen) atoms. The van der Waals surface area contributed by atoms with Gasteiger partial charge in [0.1, 0.15) is 0 Å². The fraction of sp³-hybridized carbons (Fsp3) is 0.696. The summed E-state index contributed by atoms with van der Waals surface area (Å²) < 4.78 is 5.59. The molecule has 0 spiro atoms. The zero-order valence-electron chi connectivity index (χ0n) is 17.5. The van der Waals surface area contributed by atoms with Crippen LogP contribution in [0.25, 0.3) is 0 Å². The number of thioether (sulfide) groups is 1. The summed E-state index contributed by atoms with van der Waals surface area (Å²) in [6, 6.07) is 11.4. The SMILES string of the molecule is O=C(CC[C@@H]1CN(Cc2ccccc2)CC[C@@H]1N1CCOCC1)N1CCSCC1. The van der Waals surface area contributed by atoms with E-state index in [1.54, 1.807) is 0 Å². The fourth-order valence-corrected chi connectivity index (χ4v) is 5.94. The highest BCUT2D eigenvalue weighted by molar-refractivity contribution is 7.99. The van der Waals surface area contributed by atoms with Gasteiger partial charge in [0, 0.05) is 63.2 Å². The molecule has 3 fully saturated rings. The van der Waals surface area contributed by atoms with Crippen LogP contribution in [0.15, 0.2) is 30.3 Å². The van der Waals surface area contributed by atoms with Crippen molar-refractivity contribution >= 4 is 17.7 Å². The van der Waals surface area contributed by atoms with E-state index in [1.807, 2.05) is 11.8 Å². The third kappa shape index (κ3) is 5.97. The number of ether oxygens (including phenoxy) is 1. The minimum atomic E-state index is 0.367.